The van der Waals surface area contributed by atoms with Gasteiger partial charge >= 0.3 is 5.97 Å². The number of aromatic amines is 1. The topological polar surface area (TPSA) is 138 Å². The molecule has 5 rings (SSSR count). The van der Waals surface area contributed by atoms with Crippen LogP contribution in [0.3, 0.4) is 0 Å². The van der Waals surface area contributed by atoms with Crippen molar-refractivity contribution in [1.29, 1.82) is 0 Å². The van der Waals surface area contributed by atoms with Crippen molar-refractivity contribution >= 4 is 44.4 Å². The Morgan fingerprint density at radius 1 is 1.03 bits per heavy atom. The second kappa shape index (κ2) is 8.32. The quantitative estimate of drug-likeness (QED) is 0.300. The lowest BCUT2D eigenvalue weighted by Crippen LogP contribution is -2.13. The number of carbonyl (C=O) groups is 1. The van der Waals surface area contributed by atoms with E-state index in [2.05, 4.69) is 19.9 Å². The van der Waals surface area contributed by atoms with E-state index in [0.717, 1.165) is 0 Å². The molecule has 0 aliphatic carbocycles. The molecule has 34 heavy (non-hydrogen) atoms. The molecular weight excluding hydrogens is 480 g/mol. The molecule has 0 bridgehead atoms. The maximum atomic E-state index is 12.6. The normalized spacial score (nSPS) is 11.6. The van der Waals surface area contributed by atoms with Gasteiger partial charge < -0.3 is 9.52 Å². The molecule has 2 aromatic heterocycles. The molecule has 3 aromatic carbocycles. The fourth-order valence-corrected chi connectivity index (χ4v) is 4.60. The summed E-state index contributed by atoms with van der Waals surface area (Å²) in [5, 5.41) is 16.6. The third-order valence-electron chi connectivity index (χ3n) is 5.04. The molecule has 0 spiro atoms. The second-order valence-corrected chi connectivity index (χ2v) is 9.41. The van der Waals surface area contributed by atoms with Crippen molar-refractivity contribution in [3.8, 4) is 22.7 Å². The monoisotopic (exact) mass is 494 g/mol. The van der Waals surface area contributed by atoms with Crippen molar-refractivity contribution in [2.45, 2.75) is 4.90 Å². The van der Waals surface area contributed by atoms with Crippen LogP contribution in [0.15, 0.2) is 82.2 Å². The van der Waals surface area contributed by atoms with Crippen LogP contribution in [0.25, 0.3) is 33.8 Å². The molecule has 11 heteroatoms. The lowest BCUT2D eigenvalue weighted by molar-refractivity contribution is 0.0696. The molecule has 2 heterocycles. The number of hydrogen-bond acceptors (Lipinski definition) is 6. The van der Waals surface area contributed by atoms with Gasteiger partial charge in [0.15, 0.2) is 5.58 Å². The first-order chi connectivity index (χ1) is 16.3. The summed E-state index contributed by atoms with van der Waals surface area (Å²) < 4.78 is 33.6. The smallest absolute Gasteiger partial charge is 0.335 e. The molecule has 0 fully saturated rings. The van der Waals surface area contributed by atoms with Crippen LogP contribution in [0.4, 0.5) is 5.69 Å². The highest BCUT2D eigenvalue weighted by atomic mass is 35.5. The SMILES string of the molecule is O=C(O)c1ccc(S(=O)(=O)Nc2ccc(-c3n[nH]cc3-c3nc4cc(Cl)ccc4o3)cc2)cc1. The number of nitrogens with zero attached hydrogens (tertiary/aromatic N) is 2. The first-order valence-corrected chi connectivity index (χ1v) is 11.7. The third kappa shape index (κ3) is 4.12. The molecule has 170 valence electrons. The minimum absolute atomic E-state index is 0.000139. The molecule has 0 aliphatic heterocycles. The number of rotatable bonds is 6. The number of anilines is 1. The molecule has 0 radical (unpaired) electrons. The first-order valence-electron chi connectivity index (χ1n) is 9.87. The number of benzene rings is 3. The second-order valence-electron chi connectivity index (χ2n) is 7.29. The molecule has 0 saturated carbocycles. The first kappa shape index (κ1) is 21.7. The summed E-state index contributed by atoms with van der Waals surface area (Å²) >= 11 is 6.03. The van der Waals surface area contributed by atoms with Gasteiger partial charge in [-0.15, -0.1) is 0 Å². The van der Waals surface area contributed by atoms with Crippen molar-refractivity contribution in [3.63, 3.8) is 0 Å². The zero-order valence-corrected chi connectivity index (χ0v) is 18.8. The van der Waals surface area contributed by atoms with Crippen molar-refractivity contribution in [3.05, 3.63) is 83.5 Å². The number of oxazole rings is 1. The van der Waals surface area contributed by atoms with Crippen LogP contribution >= 0.6 is 11.6 Å². The Bertz CT molecular complexity index is 1620. The van der Waals surface area contributed by atoms with Crippen molar-refractivity contribution in [2.24, 2.45) is 0 Å². The van der Waals surface area contributed by atoms with Crippen LogP contribution in [0, 0.1) is 0 Å². The molecule has 9 nitrogen and oxygen atoms in total. The molecule has 0 amide bonds. The maximum absolute atomic E-state index is 12.6. The van der Waals surface area contributed by atoms with Gasteiger partial charge in [-0.25, -0.2) is 18.2 Å². The summed E-state index contributed by atoms with van der Waals surface area (Å²) in [5.74, 6) is -0.762. The van der Waals surface area contributed by atoms with Gasteiger partial charge in [0, 0.05) is 22.5 Å². The summed E-state index contributed by atoms with van der Waals surface area (Å²) in [6, 6.07) is 16.7. The Kier molecular flexibility index (Phi) is 5.31. The van der Waals surface area contributed by atoms with Crippen LogP contribution in [0.5, 0.6) is 0 Å². The molecule has 0 atom stereocenters. The lowest BCUT2D eigenvalue weighted by atomic mass is 10.1. The van der Waals surface area contributed by atoms with E-state index in [1.807, 2.05) is 0 Å². The van der Waals surface area contributed by atoms with Crippen LogP contribution in [0.2, 0.25) is 5.02 Å². The van der Waals surface area contributed by atoms with Gasteiger partial charge in [0.1, 0.15) is 11.2 Å². The Morgan fingerprint density at radius 2 is 1.76 bits per heavy atom. The predicted octanol–water partition coefficient (Wildman–Crippen LogP) is 5.04. The number of fused-ring (bicyclic) bond motifs is 1. The van der Waals surface area contributed by atoms with Crippen LogP contribution in [0.1, 0.15) is 10.4 Å². The van der Waals surface area contributed by atoms with E-state index in [-0.39, 0.29) is 10.5 Å². The molecule has 0 unspecified atom stereocenters. The lowest BCUT2D eigenvalue weighted by Gasteiger charge is -2.09. The number of carboxylic acids is 1. The van der Waals surface area contributed by atoms with Crippen LogP contribution in [-0.4, -0.2) is 34.7 Å². The zero-order valence-electron chi connectivity index (χ0n) is 17.2. The van der Waals surface area contributed by atoms with E-state index in [1.54, 1.807) is 48.7 Å². The number of carboxylic acid groups (broad SMARTS) is 1. The predicted molar refractivity (Wildman–Crippen MR) is 126 cm³/mol. The van der Waals surface area contributed by atoms with Gasteiger partial charge in [-0.05, 0) is 54.6 Å². The minimum atomic E-state index is -3.89. The van der Waals surface area contributed by atoms with Gasteiger partial charge in [-0.2, -0.15) is 5.10 Å². The van der Waals surface area contributed by atoms with Crippen molar-refractivity contribution in [2.75, 3.05) is 4.72 Å². The fraction of sp³-hybridized carbons (Fsp3) is 0. The third-order valence-corrected chi connectivity index (χ3v) is 6.67. The number of halogens is 1. The number of H-pyrrole nitrogens is 1. The van der Waals surface area contributed by atoms with E-state index in [4.69, 9.17) is 21.1 Å². The minimum Gasteiger partial charge on any atom is -0.478 e. The van der Waals surface area contributed by atoms with Gasteiger partial charge in [-0.3, -0.25) is 9.82 Å². The van der Waals surface area contributed by atoms with E-state index >= 15 is 0 Å². The molecule has 3 N–H and O–H groups in total. The summed E-state index contributed by atoms with van der Waals surface area (Å²) in [7, 11) is -3.89. The number of hydrogen-bond donors (Lipinski definition) is 3. The highest BCUT2D eigenvalue weighted by Crippen LogP contribution is 2.33. The average Bonchev–Trinajstić information content (AvgIpc) is 3.46. The van der Waals surface area contributed by atoms with E-state index in [0.29, 0.717) is 44.5 Å². The Labute approximate surface area is 198 Å². The highest BCUT2D eigenvalue weighted by molar-refractivity contribution is 7.92. The standard InChI is InChI=1S/C23H15ClN4O5S/c24-15-5-10-20-19(11-15)26-22(33-20)18-12-25-27-21(18)13-1-6-16(7-2-13)28-34(31,32)17-8-3-14(4-9-17)23(29)30/h1-12,28H,(H,25,27)(H,29,30). The Hall–Kier alpha value is -4.15. The summed E-state index contributed by atoms with van der Waals surface area (Å²) in [4.78, 5) is 15.4. The van der Waals surface area contributed by atoms with E-state index < -0.39 is 16.0 Å². The summed E-state index contributed by atoms with van der Waals surface area (Å²) in [6.07, 6.45) is 1.67. The van der Waals surface area contributed by atoms with Crippen molar-refractivity contribution < 1.29 is 22.7 Å². The highest BCUT2D eigenvalue weighted by Gasteiger charge is 2.18. The average molecular weight is 495 g/mol. The Morgan fingerprint density at radius 3 is 2.47 bits per heavy atom. The molecule has 5 aromatic rings. The Balaban J connectivity index is 1.40. The largest absolute Gasteiger partial charge is 0.478 e. The zero-order chi connectivity index (χ0) is 23.9. The van der Waals surface area contributed by atoms with Gasteiger partial charge in [0.25, 0.3) is 10.0 Å². The van der Waals surface area contributed by atoms with Crippen LogP contribution in [-0.2, 0) is 10.0 Å². The number of aromatic nitrogens is 3. The number of aromatic carboxylic acids is 1. The number of sulfonamides is 1. The van der Waals surface area contributed by atoms with E-state index in [1.165, 1.54) is 24.3 Å². The van der Waals surface area contributed by atoms with Gasteiger partial charge in [0.2, 0.25) is 5.89 Å². The van der Waals surface area contributed by atoms with Crippen molar-refractivity contribution in [1.82, 2.24) is 15.2 Å². The molecule has 0 saturated heterocycles. The molecule has 0 aliphatic rings. The fourth-order valence-electron chi connectivity index (χ4n) is 3.38. The molecular formula is C23H15ClN4O5S. The number of nitrogens with one attached hydrogen (secondary N) is 2. The van der Waals surface area contributed by atoms with E-state index in [9.17, 15) is 13.2 Å². The van der Waals surface area contributed by atoms with Crippen LogP contribution < -0.4 is 4.72 Å². The summed E-state index contributed by atoms with van der Waals surface area (Å²) in [6.45, 7) is 0. The van der Waals surface area contributed by atoms with Gasteiger partial charge in [-0.1, -0.05) is 23.7 Å². The van der Waals surface area contributed by atoms with Gasteiger partial charge in [0.05, 0.1) is 16.0 Å². The summed E-state index contributed by atoms with van der Waals surface area (Å²) in [5.41, 5.74) is 3.48. The maximum Gasteiger partial charge on any atom is 0.335 e.